The average molecular weight is 331 g/mol. The molecule has 1 aromatic carbocycles. The first-order valence-electron chi connectivity index (χ1n) is 6.90. The summed E-state index contributed by atoms with van der Waals surface area (Å²) in [7, 11) is 3.42. The predicted molar refractivity (Wildman–Crippen MR) is 84.6 cm³/mol. The number of likely N-dealkylation sites (N-methyl/N-ethyl adjacent to an activating group) is 1. The van der Waals surface area contributed by atoms with Crippen molar-refractivity contribution in [3.8, 4) is 0 Å². The molecule has 2 rings (SSSR count). The van der Waals surface area contributed by atoms with Gasteiger partial charge in [0.15, 0.2) is 0 Å². The van der Waals surface area contributed by atoms with Gasteiger partial charge in [0, 0.05) is 24.3 Å². The minimum absolute atomic E-state index is 0.0140. The Morgan fingerprint density at radius 1 is 1.29 bits per heavy atom. The highest BCUT2D eigenvalue weighted by atomic mass is 35.7. The Morgan fingerprint density at radius 3 is 2.52 bits per heavy atom. The molecule has 0 bridgehead atoms. The highest BCUT2D eigenvalue weighted by Gasteiger charge is 2.33. The SMILES string of the molecule is CCCCN1C(=O)C(C)N(C)c2ccc(S(=O)(=O)Cl)cc21. The third-order valence-electron chi connectivity index (χ3n) is 3.84. The number of hydrogen-bond donors (Lipinski definition) is 0. The Labute approximate surface area is 129 Å². The van der Waals surface area contributed by atoms with E-state index in [1.165, 1.54) is 12.1 Å². The topological polar surface area (TPSA) is 57.7 Å². The maximum absolute atomic E-state index is 12.5. The van der Waals surface area contributed by atoms with Crippen molar-refractivity contribution in [2.45, 2.75) is 37.6 Å². The quantitative estimate of drug-likeness (QED) is 0.796. The molecule has 1 aliphatic heterocycles. The second-order valence-electron chi connectivity index (χ2n) is 5.22. The fraction of sp³-hybridized carbons (Fsp3) is 0.500. The van der Waals surface area contributed by atoms with Crippen molar-refractivity contribution in [1.29, 1.82) is 0 Å². The number of hydrogen-bond acceptors (Lipinski definition) is 4. The van der Waals surface area contributed by atoms with Gasteiger partial charge in [-0.1, -0.05) is 13.3 Å². The Bertz CT molecular complexity index is 660. The molecular formula is C14H19ClN2O3S. The van der Waals surface area contributed by atoms with Crippen molar-refractivity contribution in [1.82, 2.24) is 0 Å². The molecule has 7 heteroatoms. The highest BCUT2D eigenvalue weighted by Crippen LogP contribution is 2.37. The van der Waals surface area contributed by atoms with E-state index in [-0.39, 0.29) is 16.8 Å². The fourth-order valence-corrected chi connectivity index (χ4v) is 3.21. The van der Waals surface area contributed by atoms with E-state index < -0.39 is 9.05 Å². The van der Waals surface area contributed by atoms with Crippen LogP contribution in [0.4, 0.5) is 11.4 Å². The summed E-state index contributed by atoms with van der Waals surface area (Å²) in [5.41, 5.74) is 1.44. The second kappa shape index (κ2) is 5.85. The number of rotatable bonds is 4. The molecule has 5 nitrogen and oxygen atoms in total. The van der Waals surface area contributed by atoms with Crippen molar-refractivity contribution >= 4 is 37.0 Å². The third kappa shape index (κ3) is 3.01. The van der Waals surface area contributed by atoms with E-state index in [9.17, 15) is 13.2 Å². The number of halogens is 1. The average Bonchev–Trinajstić information content (AvgIpc) is 2.43. The predicted octanol–water partition coefficient (Wildman–Crippen LogP) is 2.59. The molecule has 0 aliphatic carbocycles. The van der Waals surface area contributed by atoms with Crippen molar-refractivity contribution in [3.63, 3.8) is 0 Å². The number of carbonyl (C=O) groups excluding carboxylic acids is 1. The molecule has 0 radical (unpaired) electrons. The minimum Gasteiger partial charge on any atom is -0.361 e. The van der Waals surface area contributed by atoms with Gasteiger partial charge in [-0.2, -0.15) is 0 Å². The summed E-state index contributed by atoms with van der Waals surface area (Å²) in [5, 5.41) is 0. The van der Waals surface area contributed by atoms with Gasteiger partial charge in [0.1, 0.15) is 6.04 Å². The lowest BCUT2D eigenvalue weighted by atomic mass is 10.1. The van der Waals surface area contributed by atoms with Crippen LogP contribution >= 0.6 is 10.7 Å². The summed E-state index contributed by atoms with van der Waals surface area (Å²) in [4.78, 5) is 16.0. The summed E-state index contributed by atoms with van der Waals surface area (Å²) >= 11 is 0. The van der Waals surface area contributed by atoms with Gasteiger partial charge in [-0.15, -0.1) is 0 Å². The number of carbonyl (C=O) groups is 1. The summed E-state index contributed by atoms with van der Waals surface area (Å²) < 4.78 is 23.0. The number of amides is 1. The molecule has 0 saturated heterocycles. The monoisotopic (exact) mass is 330 g/mol. The van der Waals surface area contributed by atoms with Crippen LogP contribution in [0.25, 0.3) is 0 Å². The Balaban J connectivity index is 2.56. The summed E-state index contributed by atoms with van der Waals surface area (Å²) in [6.45, 7) is 4.47. The first kappa shape index (κ1) is 16.1. The van der Waals surface area contributed by atoms with Crippen molar-refractivity contribution in [2.75, 3.05) is 23.4 Å². The van der Waals surface area contributed by atoms with Crippen LogP contribution in [0.5, 0.6) is 0 Å². The third-order valence-corrected chi connectivity index (χ3v) is 5.19. The van der Waals surface area contributed by atoms with E-state index in [1.54, 1.807) is 11.0 Å². The molecule has 0 aromatic heterocycles. The summed E-state index contributed by atoms with van der Waals surface area (Å²) in [5.74, 6) is -0.0254. The Kier molecular flexibility index (Phi) is 4.49. The molecule has 1 atom stereocenters. The minimum atomic E-state index is -3.81. The zero-order valence-electron chi connectivity index (χ0n) is 12.3. The first-order chi connectivity index (χ1) is 9.77. The molecule has 0 saturated carbocycles. The van der Waals surface area contributed by atoms with Crippen molar-refractivity contribution in [2.24, 2.45) is 0 Å². The molecule has 1 heterocycles. The van der Waals surface area contributed by atoms with E-state index in [4.69, 9.17) is 10.7 Å². The normalized spacial score (nSPS) is 18.9. The van der Waals surface area contributed by atoms with Crippen LogP contribution in [0.15, 0.2) is 23.1 Å². The molecule has 0 N–H and O–H groups in total. The van der Waals surface area contributed by atoms with Crippen LogP contribution in [-0.2, 0) is 13.8 Å². The number of anilines is 2. The van der Waals surface area contributed by atoms with Gasteiger partial charge < -0.3 is 9.80 Å². The van der Waals surface area contributed by atoms with Crippen LogP contribution in [0.1, 0.15) is 26.7 Å². The lowest BCUT2D eigenvalue weighted by Gasteiger charge is -2.39. The van der Waals surface area contributed by atoms with E-state index in [2.05, 4.69) is 0 Å². The zero-order valence-corrected chi connectivity index (χ0v) is 13.9. The van der Waals surface area contributed by atoms with E-state index >= 15 is 0 Å². The van der Waals surface area contributed by atoms with Crippen LogP contribution in [0.3, 0.4) is 0 Å². The zero-order chi connectivity index (χ0) is 15.8. The van der Waals surface area contributed by atoms with Gasteiger partial charge >= 0.3 is 0 Å². The maximum Gasteiger partial charge on any atom is 0.261 e. The molecular weight excluding hydrogens is 312 g/mol. The Hall–Kier alpha value is -1.27. The van der Waals surface area contributed by atoms with Crippen LogP contribution < -0.4 is 9.80 Å². The summed E-state index contributed by atoms with van der Waals surface area (Å²) in [6, 6.07) is 4.38. The van der Waals surface area contributed by atoms with Gasteiger partial charge in [0.05, 0.1) is 16.3 Å². The number of fused-ring (bicyclic) bond motifs is 1. The molecule has 116 valence electrons. The number of unbranched alkanes of at least 4 members (excludes halogenated alkanes) is 1. The van der Waals surface area contributed by atoms with Gasteiger partial charge in [-0.05, 0) is 31.5 Å². The molecule has 1 unspecified atom stereocenters. The molecule has 0 spiro atoms. The van der Waals surface area contributed by atoms with Crippen molar-refractivity contribution < 1.29 is 13.2 Å². The Morgan fingerprint density at radius 2 is 1.95 bits per heavy atom. The van der Waals surface area contributed by atoms with Gasteiger partial charge in [0.25, 0.3) is 9.05 Å². The van der Waals surface area contributed by atoms with Gasteiger partial charge in [0.2, 0.25) is 5.91 Å². The highest BCUT2D eigenvalue weighted by molar-refractivity contribution is 8.13. The van der Waals surface area contributed by atoms with Gasteiger partial charge in [-0.25, -0.2) is 8.42 Å². The summed E-state index contributed by atoms with van der Waals surface area (Å²) in [6.07, 6.45) is 1.82. The second-order valence-corrected chi connectivity index (χ2v) is 7.78. The fourth-order valence-electron chi connectivity index (χ4n) is 2.43. The van der Waals surface area contributed by atoms with Crippen LogP contribution in [0, 0.1) is 0 Å². The van der Waals surface area contributed by atoms with Crippen LogP contribution in [0.2, 0.25) is 0 Å². The lowest BCUT2D eigenvalue weighted by molar-refractivity contribution is -0.119. The van der Waals surface area contributed by atoms with E-state index in [0.717, 1.165) is 18.5 Å². The van der Waals surface area contributed by atoms with E-state index in [0.29, 0.717) is 12.2 Å². The number of benzene rings is 1. The molecule has 0 fully saturated rings. The van der Waals surface area contributed by atoms with Crippen LogP contribution in [-0.4, -0.2) is 34.0 Å². The van der Waals surface area contributed by atoms with Crippen molar-refractivity contribution in [3.05, 3.63) is 18.2 Å². The first-order valence-corrected chi connectivity index (χ1v) is 9.21. The lowest BCUT2D eigenvalue weighted by Crippen LogP contribution is -2.50. The van der Waals surface area contributed by atoms with E-state index in [1.807, 2.05) is 25.8 Å². The standard InChI is InChI=1S/C14H19ClN2O3S/c1-4-5-8-17-13-9-11(21(15,19)20)6-7-12(13)16(3)10(2)14(17)18/h6-7,9-10H,4-5,8H2,1-3H3. The smallest absolute Gasteiger partial charge is 0.261 e. The molecule has 1 amide bonds. The molecule has 1 aliphatic rings. The maximum atomic E-state index is 12.5. The van der Waals surface area contributed by atoms with Gasteiger partial charge in [-0.3, -0.25) is 4.79 Å². The number of nitrogens with zero attached hydrogens (tertiary/aromatic N) is 2. The molecule has 1 aromatic rings. The molecule has 21 heavy (non-hydrogen) atoms. The largest absolute Gasteiger partial charge is 0.361 e.